The number of hydrogen-bond acceptors (Lipinski definition) is 4. The smallest absolute Gasteiger partial charge is 0.329 e. The summed E-state index contributed by atoms with van der Waals surface area (Å²) in [6.07, 6.45) is 2.59. The molecule has 0 atom stereocenters. The van der Waals surface area contributed by atoms with Crippen LogP contribution >= 0.6 is 0 Å². The number of nitro groups is 1. The van der Waals surface area contributed by atoms with Gasteiger partial charge in [-0.25, -0.2) is 4.98 Å². The normalized spacial score (nSPS) is 15.2. The first kappa shape index (κ1) is 8.86. The second-order valence-corrected chi connectivity index (χ2v) is 3.05. The van der Waals surface area contributed by atoms with Gasteiger partial charge in [-0.2, -0.15) is 4.39 Å². The molecule has 1 heterocycles. The molecule has 0 spiro atoms. The molecule has 1 aromatic rings. The maximum Gasteiger partial charge on any atom is 0.329 e. The molecule has 0 aliphatic heterocycles. The SMILES string of the molecule is O=[N+]([O-])c1cnc(F)cc1OC1CC1. The van der Waals surface area contributed by atoms with Crippen LogP contribution < -0.4 is 4.74 Å². The molecule has 1 aromatic heterocycles. The van der Waals surface area contributed by atoms with E-state index < -0.39 is 10.9 Å². The van der Waals surface area contributed by atoms with E-state index in [1.165, 1.54) is 0 Å². The van der Waals surface area contributed by atoms with Gasteiger partial charge in [0, 0.05) is 6.07 Å². The third-order valence-electron chi connectivity index (χ3n) is 1.83. The van der Waals surface area contributed by atoms with Crippen molar-refractivity contribution in [2.45, 2.75) is 18.9 Å². The molecule has 0 saturated heterocycles. The number of aromatic nitrogens is 1. The number of halogens is 1. The Balaban J connectivity index is 2.31. The Hall–Kier alpha value is -1.72. The molecule has 5 nitrogen and oxygen atoms in total. The second-order valence-electron chi connectivity index (χ2n) is 3.05. The summed E-state index contributed by atoms with van der Waals surface area (Å²) in [5.74, 6) is -0.809. The number of pyridine rings is 1. The third kappa shape index (κ3) is 1.78. The Morgan fingerprint density at radius 1 is 1.64 bits per heavy atom. The summed E-state index contributed by atoms with van der Waals surface area (Å²) in [7, 11) is 0. The standard InChI is InChI=1S/C8H7FN2O3/c9-8-3-7(14-5-1-2-5)6(4-10-8)11(12)13/h3-5H,1-2H2. The fourth-order valence-corrected chi connectivity index (χ4v) is 1.00. The highest BCUT2D eigenvalue weighted by molar-refractivity contribution is 5.43. The Kier molecular flexibility index (Phi) is 2.03. The predicted molar refractivity (Wildman–Crippen MR) is 44.5 cm³/mol. The lowest BCUT2D eigenvalue weighted by Gasteiger charge is -2.03. The lowest BCUT2D eigenvalue weighted by Crippen LogP contribution is -2.01. The van der Waals surface area contributed by atoms with Crippen molar-refractivity contribution in [2.75, 3.05) is 0 Å². The van der Waals surface area contributed by atoms with E-state index in [0.717, 1.165) is 25.1 Å². The van der Waals surface area contributed by atoms with Crippen LogP contribution in [0.4, 0.5) is 10.1 Å². The molecule has 0 bridgehead atoms. The zero-order chi connectivity index (χ0) is 10.1. The van der Waals surface area contributed by atoms with Gasteiger partial charge in [0.25, 0.3) is 0 Å². The summed E-state index contributed by atoms with van der Waals surface area (Å²) >= 11 is 0. The van der Waals surface area contributed by atoms with Crippen LogP contribution in [-0.4, -0.2) is 16.0 Å². The predicted octanol–water partition coefficient (Wildman–Crippen LogP) is 1.67. The Morgan fingerprint density at radius 3 is 2.93 bits per heavy atom. The average molecular weight is 198 g/mol. The van der Waals surface area contributed by atoms with Crippen molar-refractivity contribution in [3.8, 4) is 5.75 Å². The molecule has 14 heavy (non-hydrogen) atoms. The van der Waals surface area contributed by atoms with Gasteiger partial charge in [-0.05, 0) is 12.8 Å². The van der Waals surface area contributed by atoms with E-state index in [0.29, 0.717) is 0 Å². The molecule has 0 aromatic carbocycles. The number of ether oxygens (including phenoxy) is 1. The van der Waals surface area contributed by atoms with Gasteiger partial charge in [-0.3, -0.25) is 10.1 Å². The largest absolute Gasteiger partial charge is 0.483 e. The van der Waals surface area contributed by atoms with Gasteiger partial charge in [0.05, 0.1) is 11.0 Å². The zero-order valence-corrected chi connectivity index (χ0v) is 7.14. The van der Waals surface area contributed by atoms with Crippen LogP contribution in [0.15, 0.2) is 12.3 Å². The van der Waals surface area contributed by atoms with Gasteiger partial charge in [0.2, 0.25) is 11.7 Å². The van der Waals surface area contributed by atoms with Crippen LogP contribution in [0.5, 0.6) is 5.75 Å². The maximum atomic E-state index is 12.7. The summed E-state index contributed by atoms with van der Waals surface area (Å²) in [5.41, 5.74) is -0.293. The van der Waals surface area contributed by atoms with Crippen molar-refractivity contribution < 1.29 is 14.1 Å². The summed E-state index contributed by atoms with van der Waals surface area (Å²) in [6, 6.07) is 0.941. The molecular formula is C8H7FN2O3. The van der Waals surface area contributed by atoms with Crippen LogP contribution in [0.2, 0.25) is 0 Å². The molecule has 0 radical (unpaired) electrons. The third-order valence-corrected chi connectivity index (χ3v) is 1.83. The fraction of sp³-hybridized carbons (Fsp3) is 0.375. The fourth-order valence-electron chi connectivity index (χ4n) is 1.00. The van der Waals surface area contributed by atoms with E-state index in [-0.39, 0.29) is 17.5 Å². The van der Waals surface area contributed by atoms with E-state index in [4.69, 9.17) is 4.74 Å². The number of hydrogen-bond donors (Lipinski definition) is 0. The highest BCUT2D eigenvalue weighted by Crippen LogP contribution is 2.32. The van der Waals surface area contributed by atoms with Gasteiger partial charge in [0.15, 0.2) is 0 Å². The van der Waals surface area contributed by atoms with Crippen molar-refractivity contribution in [3.63, 3.8) is 0 Å². The van der Waals surface area contributed by atoms with Crippen LogP contribution in [0.1, 0.15) is 12.8 Å². The van der Waals surface area contributed by atoms with Crippen molar-refractivity contribution in [3.05, 3.63) is 28.3 Å². The van der Waals surface area contributed by atoms with Crippen LogP contribution in [0.3, 0.4) is 0 Å². The quantitative estimate of drug-likeness (QED) is 0.421. The topological polar surface area (TPSA) is 65.3 Å². The monoisotopic (exact) mass is 198 g/mol. The summed E-state index contributed by atoms with van der Waals surface area (Å²) in [4.78, 5) is 13.1. The average Bonchev–Trinajstić information content (AvgIpc) is 2.87. The lowest BCUT2D eigenvalue weighted by atomic mass is 10.4. The minimum absolute atomic E-state index is 0.00417. The van der Waals surface area contributed by atoms with Crippen molar-refractivity contribution in [1.29, 1.82) is 0 Å². The molecule has 1 aliphatic rings. The molecule has 1 fully saturated rings. The van der Waals surface area contributed by atoms with E-state index in [9.17, 15) is 14.5 Å². The molecule has 1 saturated carbocycles. The minimum Gasteiger partial charge on any atom is -0.483 e. The number of rotatable bonds is 3. The van der Waals surface area contributed by atoms with Crippen LogP contribution in [0.25, 0.3) is 0 Å². The molecule has 2 rings (SSSR count). The van der Waals surface area contributed by atoms with Gasteiger partial charge < -0.3 is 4.74 Å². The molecule has 0 N–H and O–H groups in total. The molecule has 1 aliphatic carbocycles. The first-order valence-corrected chi connectivity index (χ1v) is 4.13. The molecule has 74 valence electrons. The van der Waals surface area contributed by atoms with E-state index in [1.807, 2.05) is 0 Å². The van der Waals surface area contributed by atoms with Gasteiger partial charge in [-0.1, -0.05) is 0 Å². The first-order chi connectivity index (χ1) is 6.66. The second kappa shape index (κ2) is 3.21. The Labute approximate surface area is 78.7 Å². The Bertz CT molecular complexity index is 379. The van der Waals surface area contributed by atoms with Crippen LogP contribution in [-0.2, 0) is 0 Å². The van der Waals surface area contributed by atoms with Crippen molar-refractivity contribution in [1.82, 2.24) is 4.98 Å². The highest BCUT2D eigenvalue weighted by Gasteiger charge is 2.27. The molecule has 0 unspecified atom stereocenters. The summed E-state index contributed by atoms with van der Waals surface area (Å²) < 4.78 is 17.8. The molecule has 0 amide bonds. The zero-order valence-electron chi connectivity index (χ0n) is 7.14. The molecule has 6 heteroatoms. The highest BCUT2D eigenvalue weighted by atomic mass is 19.1. The van der Waals surface area contributed by atoms with E-state index >= 15 is 0 Å². The number of nitrogens with zero attached hydrogens (tertiary/aromatic N) is 2. The minimum atomic E-state index is -0.772. The van der Waals surface area contributed by atoms with Gasteiger partial charge in [-0.15, -0.1) is 0 Å². The molecular weight excluding hydrogens is 191 g/mol. The lowest BCUT2D eigenvalue weighted by molar-refractivity contribution is -0.386. The summed E-state index contributed by atoms with van der Waals surface area (Å²) in [6.45, 7) is 0. The van der Waals surface area contributed by atoms with E-state index in [1.54, 1.807) is 0 Å². The van der Waals surface area contributed by atoms with E-state index in [2.05, 4.69) is 4.98 Å². The van der Waals surface area contributed by atoms with Gasteiger partial charge in [0.1, 0.15) is 6.20 Å². The summed E-state index contributed by atoms with van der Waals surface area (Å²) in [5, 5.41) is 10.5. The van der Waals surface area contributed by atoms with Gasteiger partial charge >= 0.3 is 5.69 Å². The van der Waals surface area contributed by atoms with Crippen LogP contribution in [0, 0.1) is 16.1 Å². The Morgan fingerprint density at radius 2 is 2.36 bits per heavy atom. The first-order valence-electron chi connectivity index (χ1n) is 4.13. The van der Waals surface area contributed by atoms with Crippen molar-refractivity contribution in [2.24, 2.45) is 0 Å². The van der Waals surface area contributed by atoms with Crippen molar-refractivity contribution >= 4 is 5.69 Å². The maximum absolute atomic E-state index is 12.7.